The fraction of sp³-hybridized carbons (Fsp3) is 0.133. The predicted octanol–water partition coefficient (Wildman–Crippen LogP) is 3.43. The van der Waals surface area contributed by atoms with Crippen molar-refractivity contribution < 1.29 is 0 Å². The van der Waals surface area contributed by atoms with Crippen LogP contribution in [0, 0.1) is 11.3 Å². The summed E-state index contributed by atoms with van der Waals surface area (Å²) in [5.74, 6) is 0. The summed E-state index contributed by atoms with van der Waals surface area (Å²) in [5, 5.41) is 9.56. The van der Waals surface area contributed by atoms with Gasteiger partial charge in [0, 0.05) is 18.6 Å². The third kappa shape index (κ3) is 2.98. The molecule has 0 saturated carbocycles. The van der Waals surface area contributed by atoms with Gasteiger partial charge in [-0.1, -0.05) is 29.8 Å². The summed E-state index contributed by atoms with van der Waals surface area (Å²) >= 11 is 6.14. The molecule has 4 heteroatoms. The molecule has 2 aromatic carbocycles. The zero-order chi connectivity index (χ0) is 13.8. The van der Waals surface area contributed by atoms with Crippen LogP contribution < -0.4 is 10.6 Å². The highest BCUT2D eigenvalue weighted by atomic mass is 35.5. The van der Waals surface area contributed by atoms with Gasteiger partial charge in [-0.3, -0.25) is 0 Å². The number of hydrogen-bond acceptors (Lipinski definition) is 3. The molecule has 0 aliphatic heterocycles. The van der Waals surface area contributed by atoms with Crippen molar-refractivity contribution in [1.29, 1.82) is 5.26 Å². The molecule has 0 saturated heterocycles. The number of nitrogens with two attached hydrogens (primary N) is 1. The van der Waals surface area contributed by atoms with E-state index in [0.717, 1.165) is 16.3 Å². The molecule has 0 aliphatic carbocycles. The number of hydrogen-bond donors (Lipinski definition) is 1. The molecule has 0 spiro atoms. The van der Waals surface area contributed by atoms with Gasteiger partial charge in [-0.25, -0.2) is 0 Å². The van der Waals surface area contributed by atoms with E-state index < -0.39 is 0 Å². The Balaban J connectivity index is 2.24. The van der Waals surface area contributed by atoms with Crippen molar-refractivity contribution in [2.24, 2.45) is 0 Å². The van der Waals surface area contributed by atoms with Crippen LogP contribution in [0.25, 0.3) is 0 Å². The van der Waals surface area contributed by atoms with E-state index in [1.165, 1.54) is 0 Å². The molecule has 3 nitrogen and oxygen atoms in total. The Labute approximate surface area is 117 Å². The van der Waals surface area contributed by atoms with Gasteiger partial charge < -0.3 is 10.6 Å². The summed E-state index contributed by atoms with van der Waals surface area (Å²) in [7, 11) is 1.95. The average molecular weight is 272 g/mol. The number of nitriles is 1. The second-order valence-corrected chi connectivity index (χ2v) is 4.74. The van der Waals surface area contributed by atoms with Gasteiger partial charge in [-0.2, -0.15) is 5.26 Å². The van der Waals surface area contributed by atoms with Crippen LogP contribution in [-0.4, -0.2) is 7.05 Å². The van der Waals surface area contributed by atoms with E-state index in [1.54, 1.807) is 12.1 Å². The van der Waals surface area contributed by atoms with E-state index in [4.69, 9.17) is 22.6 Å². The first-order chi connectivity index (χ1) is 9.11. The van der Waals surface area contributed by atoms with Crippen LogP contribution in [0.4, 0.5) is 11.4 Å². The molecule has 0 radical (unpaired) electrons. The smallest absolute Gasteiger partial charge is 0.0992 e. The largest absolute Gasteiger partial charge is 0.397 e. The van der Waals surface area contributed by atoms with E-state index in [2.05, 4.69) is 6.07 Å². The van der Waals surface area contributed by atoms with E-state index >= 15 is 0 Å². The number of nitrogen functional groups attached to an aromatic ring is 1. The Morgan fingerprint density at radius 1 is 1.26 bits per heavy atom. The fourth-order valence-corrected chi connectivity index (χ4v) is 2.13. The maximum Gasteiger partial charge on any atom is 0.0992 e. The molecular formula is C15H14ClN3. The predicted molar refractivity (Wildman–Crippen MR) is 79.1 cm³/mol. The minimum Gasteiger partial charge on any atom is -0.397 e. The minimum atomic E-state index is 0.562. The zero-order valence-electron chi connectivity index (χ0n) is 10.6. The summed E-state index contributed by atoms with van der Waals surface area (Å²) in [4.78, 5) is 2.01. The van der Waals surface area contributed by atoms with Gasteiger partial charge in [0.2, 0.25) is 0 Å². The lowest BCUT2D eigenvalue weighted by Gasteiger charge is -2.21. The van der Waals surface area contributed by atoms with E-state index in [1.807, 2.05) is 42.3 Å². The molecule has 0 atom stereocenters. The van der Waals surface area contributed by atoms with Crippen molar-refractivity contribution in [2.75, 3.05) is 17.7 Å². The topological polar surface area (TPSA) is 53.0 Å². The maximum absolute atomic E-state index is 8.83. The standard InChI is InChI=1S/C15H14ClN3/c1-19(10-12-4-2-3-5-13(12)16)15-7-6-11(9-17)8-14(15)18/h2-8H,10,18H2,1H3. The molecule has 96 valence electrons. The highest BCUT2D eigenvalue weighted by Gasteiger charge is 2.08. The van der Waals surface area contributed by atoms with Crippen LogP contribution in [0.15, 0.2) is 42.5 Å². The Morgan fingerprint density at radius 3 is 2.63 bits per heavy atom. The molecule has 0 heterocycles. The summed E-state index contributed by atoms with van der Waals surface area (Å²) < 4.78 is 0. The molecule has 0 aromatic heterocycles. The van der Waals surface area contributed by atoms with Crippen molar-refractivity contribution in [1.82, 2.24) is 0 Å². The number of nitrogens with zero attached hydrogens (tertiary/aromatic N) is 2. The zero-order valence-corrected chi connectivity index (χ0v) is 11.4. The molecule has 0 fully saturated rings. The molecular weight excluding hydrogens is 258 g/mol. The molecule has 2 aromatic rings. The van der Waals surface area contributed by atoms with Crippen LogP contribution in [-0.2, 0) is 6.54 Å². The lowest BCUT2D eigenvalue weighted by Crippen LogP contribution is -2.18. The first-order valence-corrected chi connectivity index (χ1v) is 6.24. The second kappa shape index (κ2) is 5.64. The third-order valence-electron chi connectivity index (χ3n) is 2.93. The van der Waals surface area contributed by atoms with Crippen LogP contribution in [0.3, 0.4) is 0 Å². The van der Waals surface area contributed by atoms with Crippen molar-refractivity contribution in [3.05, 3.63) is 58.6 Å². The van der Waals surface area contributed by atoms with Crippen LogP contribution in [0.1, 0.15) is 11.1 Å². The second-order valence-electron chi connectivity index (χ2n) is 4.33. The lowest BCUT2D eigenvalue weighted by atomic mass is 10.1. The Hall–Kier alpha value is -2.18. The molecule has 19 heavy (non-hydrogen) atoms. The van der Waals surface area contributed by atoms with Crippen molar-refractivity contribution >= 4 is 23.0 Å². The van der Waals surface area contributed by atoms with E-state index in [-0.39, 0.29) is 0 Å². The summed E-state index contributed by atoms with van der Waals surface area (Å²) in [5.41, 5.74) is 9.04. The van der Waals surface area contributed by atoms with Gasteiger partial charge in [0.25, 0.3) is 0 Å². The van der Waals surface area contributed by atoms with Gasteiger partial charge in [-0.05, 0) is 29.8 Å². The first kappa shape index (κ1) is 13.3. The summed E-state index contributed by atoms with van der Waals surface area (Å²) in [6, 6.07) is 15.1. The van der Waals surface area contributed by atoms with E-state index in [0.29, 0.717) is 17.8 Å². The van der Waals surface area contributed by atoms with Crippen LogP contribution in [0.2, 0.25) is 5.02 Å². The number of rotatable bonds is 3. The third-order valence-corrected chi connectivity index (χ3v) is 3.30. The monoisotopic (exact) mass is 271 g/mol. The van der Waals surface area contributed by atoms with Crippen LogP contribution in [0.5, 0.6) is 0 Å². The first-order valence-electron chi connectivity index (χ1n) is 5.86. The molecule has 0 aliphatic rings. The average Bonchev–Trinajstić information content (AvgIpc) is 2.41. The summed E-state index contributed by atoms with van der Waals surface area (Å²) in [6.07, 6.45) is 0. The molecule has 0 bridgehead atoms. The lowest BCUT2D eigenvalue weighted by molar-refractivity contribution is 0.925. The number of halogens is 1. The SMILES string of the molecule is CN(Cc1ccccc1Cl)c1ccc(C#N)cc1N. The minimum absolute atomic E-state index is 0.562. The normalized spacial score (nSPS) is 9.95. The molecule has 0 amide bonds. The van der Waals surface area contributed by atoms with Gasteiger partial charge in [-0.15, -0.1) is 0 Å². The number of anilines is 2. The molecule has 2 N–H and O–H groups in total. The van der Waals surface area contributed by atoms with E-state index in [9.17, 15) is 0 Å². The fourth-order valence-electron chi connectivity index (χ4n) is 1.94. The Kier molecular flexibility index (Phi) is 3.94. The van der Waals surface area contributed by atoms with Gasteiger partial charge in [0.05, 0.1) is 23.0 Å². The highest BCUT2D eigenvalue weighted by Crippen LogP contribution is 2.26. The number of benzene rings is 2. The van der Waals surface area contributed by atoms with Crippen LogP contribution >= 0.6 is 11.6 Å². The summed E-state index contributed by atoms with van der Waals surface area (Å²) in [6.45, 7) is 0.662. The van der Waals surface area contributed by atoms with Gasteiger partial charge in [0.15, 0.2) is 0 Å². The highest BCUT2D eigenvalue weighted by molar-refractivity contribution is 6.31. The molecule has 0 unspecified atom stereocenters. The Bertz CT molecular complexity index is 632. The molecule has 2 rings (SSSR count). The van der Waals surface area contributed by atoms with Gasteiger partial charge in [0.1, 0.15) is 0 Å². The maximum atomic E-state index is 8.83. The Morgan fingerprint density at radius 2 is 2.00 bits per heavy atom. The van der Waals surface area contributed by atoms with Crippen molar-refractivity contribution in [3.8, 4) is 6.07 Å². The van der Waals surface area contributed by atoms with Crippen molar-refractivity contribution in [3.63, 3.8) is 0 Å². The quantitative estimate of drug-likeness (QED) is 0.870. The van der Waals surface area contributed by atoms with Crippen molar-refractivity contribution in [2.45, 2.75) is 6.54 Å². The van der Waals surface area contributed by atoms with Gasteiger partial charge >= 0.3 is 0 Å².